The number of carbonyl (C=O) groups excluding carboxylic acids is 1. The number of anilines is 1. The molecular formula is C22H17N3O5. The van der Waals surface area contributed by atoms with Crippen LogP contribution in [0.1, 0.15) is 10.5 Å². The molecule has 0 radical (unpaired) electrons. The zero-order valence-corrected chi connectivity index (χ0v) is 15.8. The van der Waals surface area contributed by atoms with Gasteiger partial charge in [0.1, 0.15) is 23.6 Å². The first kappa shape index (κ1) is 19.1. The molecule has 0 atom stereocenters. The van der Waals surface area contributed by atoms with Crippen molar-refractivity contribution in [1.29, 1.82) is 0 Å². The first-order valence-electron chi connectivity index (χ1n) is 9.20. The number of rotatable bonds is 6. The third-order valence-electron chi connectivity index (χ3n) is 4.29. The van der Waals surface area contributed by atoms with E-state index >= 15 is 0 Å². The lowest BCUT2D eigenvalue weighted by molar-refractivity contribution is 0.101. The van der Waals surface area contributed by atoms with E-state index in [4.69, 9.17) is 9.15 Å². The highest BCUT2D eigenvalue weighted by molar-refractivity contribution is 6.03. The number of carbonyl (C=O) groups is 1. The Morgan fingerprint density at radius 1 is 1.00 bits per heavy atom. The van der Waals surface area contributed by atoms with E-state index in [1.807, 2.05) is 30.3 Å². The van der Waals surface area contributed by atoms with E-state index in [0.29, 0.717) is 22.4 Å². The second-order valence-corrected chi connectivity index (χ2v) is 6.40. The molecule has 0 aliphatic rings. The molecule has 0 fully saturated rings. The van der Waals surface area contributed by atoms with Crippen LogP contribution in [0.25, 0.3) is 11.0 Å². The molecule has 0 spiro atoms. The molecule has 2 heterocycles. The van der Waals surface area contributed by atoms with Gasteiger partial charge >= 0.3 is 5.63 Å². The summed E-state index contributed by atoms with van der Waals surface area (Å²) in [4.78, 5) is 35.9. The van der Waals surface area contributed by atoms with Crippen LogP contribution in [0.5, 0.6) is 5.75 Å². The van der Waals surface area contributed by atoms with E-state index in [9.17, 15) is 14.4 Å². The highest BCUT2D eigenvalue weighted by Gasteiger charge is 2.11. The van der Waals surface area contributed by atoms with Gasteiger partial charge in [0.25, 0.3) is 11.5 Å². The van der Waals surface area contributed by atoms with Gasteiger partial charge in [-0.1, -0.05) is 18.2 Å². The third kappa shape index (κ3) is 4.44. The van der Waals surface area contributed by atoms with Gasteiger partial charge in [0.2, 0.25) is 0 Å². The highest BCUT2D eigenvalue weighted by atomic mass is 16.5. The fourth-order valence-electron chi connectivity index (χ4n) is 2.84. The van der Waals surface area contributed by atoms with Crippen molar-refractivity contribution in [2.24, 2.45) is 0 Å². The number of benzene rings is 2. The number of hydrogen-bond acceptors (Lipinski definition) is 6. The average molecular weight is 403 g/mol. The Balaban J connectivity index is 1.46. The number of para-hydroxylation sites is 1. The summed E-state index contributed by atoms with van der Waals surface area (Å²) in [6.07, 6.45) is 0. The monoisotopic (exact) mass is 403 g/mol. The lowest BCUT2D eigenvalue weighted by atomic mass is 10.2. The average Bonchev–Trinajstić information content (AvgIpc) is 2.76. The number of ether oxygens (including phenoxy) is 1. The minimum Gasteiger partial charge on any atom is -0.492 e. The Kier molecular flexibility index (Phi) is 5.38. The second-order valence-electron chi connectivity index (χ2n) is 6.40. The molecule has 0 aliphatic heterocycles. The van der Waals surface area contributed by atoms with Crippen molar-refractivity contribution in [3.8, 4) is 5.75 Å². The van der Waals surface area contributed by atoms with Gasteiger partial charge in [0.05, 0.1) is 6.54 Å². The van der Waals surface area contributed by atoms with E-state index in [2.05, 4.69) is 10.4 Å². The first-order valence-corrected chi connectivity index (χ1v) is 9.20. The minimum absolute atomic E-state index is 0.0917. The highest BCUT2D eigenvalue weighted by Crippen LogP contribution is 2.18. The van der Waals surface area contributed by atoms with Crippen LogP contribution in [-0.4, -0.2) is 22.3 Å². The minimum atomic E-state index is -0.468. The van der Waals surface area contributed by atoms with Gasteiger partial charge in [-0.2, -0.15) is 5.10 Å². The van der Waals surface area contributed by atoms with E-state index in [1.54, 1.807) is 24.3 Å². The van der Waals surface area contributed by atoms with E-state index < -0.39 is 11.5 Å². The molecule has 0 saturated heterocycles. The number of fused-ring (bicyclic) bond motifs is 1. The summed E-state index contributed by atoms with van der Waals surface area (Å²) in [7, 11) is 0. The van der Waals surface area contributed by atoms with Crippen LogP contribution in [0.2, 0.25) is 0 Å². The van der Waals surface area contributed by atoms with E-state index in [1.165, 1.54) is 22.9 Å². The summed E-state index contributed by atoms with van der Waals surface area (Å²) in [5.41, 5.74) is 0.249. The van der Waals surface area contributed by atoms with Crippen LogP contribution in [0.4, 0.5) is 5.69 Å². The van der Waals surface area contributed by atoms with Gasteiger partial charge in [0, 0.05) is 23.2 Å². The second kappa shape index (κ2) is 8.44. The first-order chi connectivity index (χ1) is 14.6. The summed E-state index contributed by atoms with van der Waals surface area (Å²) in [5, 5.41) is 7.52. The zero-order valence-electron chi connectivity index (χ0n) is 15.8. The number of nitrogens with zero attached hydrogens (tertiary/aromatic N) is 2. The van der Waals surface area contributed by atoms with Gasteiger partial charge in [-0.25, -0.2) is 9.48 Å². The molecule has 0 saturated carbocycles. The maximum absolute atomic E-state index is 12.6. The molecule has 2 aromatic heterocycles. The third-order valence-corrected chi connectivity index (χ3v) is 4.29. The molecule has 1 N–H and O–H groups in total. The maximum Gasteiger partial charge on any atom is 0.336 e. The number of nitrogens with one attached hydrogen (secondary N) is 1. The Bertz CT molecular complexity index is 1310. The van der Waals surface area contributed by atoms with E-state index in [-0.39, 0.29) is 24.4 Å². The molecule has 2 aromatic carbocycles. The van der Waals surface area contributed by atoms with Crippen LogP contribution >= 0.6 is 0 Å². The van der Waals surface area contributed by atoms with E-state index in [0.717, 1.165) is 0 Å². The molecule has 1 amide bonds. The Morgan fingerprint density at radius 3 is 2.67 bits per heavy atom. The molecular weight excluding hydrogens is 386 g/mol. The molecule has 4 rings (SSSR count). The molecule has 30 heavy (non-hydrogen) atoms. The Labute approximate surface area is 170 Å². The van der Waals surface area contributed by atoms with Crippen molar-refractivity contribution < 1.29 is 13.9 Å². The fourth-order valence-corrected chi connectivity index (χ4v) is 2.84. The molecule has 0 bridgehead atoms. The summed E-state index contributed by atoms with van der Waals surface area (Å²) < 4.78 is 11.8. The molecule has 0 unspecified atom stereocenters. The maximum atomic E-state index is 12.6. The largest absolute Gasteiger partial charge is 0.492 e. The number of amides is 1. The summed E-state index contributed by atoms with van der Waals surface area (Å²) in [5.74, 6) is 0.219. The van der Waals surface area contributed by atoms with Crippen molar-refractivity contribution >= 4 is 22.6 Å². The summed E-state index contributed by atoms with van der Waals surface area (Å²) in [6, 6.07) is 19.7. The Hall–Kier alpha value is -4.20. The normalized spacial score (nSPS) is 10.7. The summed E-state index contributed by atoms with van der Waals surface area (Å²) >= 11 is 0. The van der Waals surface area contributed by atoms with Crippen molar-refractivity contribution in [3.63, 3.8) is 0 Å². The van der Waals surface area contributed by atoms with Gasteiger partial charge in [-0.05, 0) is 42.5 Å². The standard InChI is InChI=1S/C22H17N3O5/c26-20-10-8-18(24-25(20)12-13-29-17-4-2-1-3-5-17)22(28)23-16-7-9-19-15(14-16)6-11-21(27)30-19/h1-11,14H,12-13H2,(H,23,28). The smallest absolute Gasteiger partial charge is 0.336 e. The lowest BCUT2D eigenvalue weighted by Crippen LogP contribution is -2.28. The molecule has 8 heteroatoms. The van der Waals surface area contributed by atoms with Crippen molar-refractivity contribution in [2.75, 3.05) is 11.9 Å². The summed E-state index contributed by atoms with van der Waals surface area (Å²) in [6.45, 7) is 0.432. The fraction of sp³-hybridized carbons (Fsp3) is 0.0909. The van der Waals surface area contributed by atoms with Crippen molar-refractivity contribution in [3.05, 3.63) is 99.3 Å². The molecule has 0 aliphatic carbocycles. The quantitative estimate of drug-likeness (QED) is 0.497. The SMILES string of the molecule is O=C(Nc1ccc2oc(=O)ccc2c1)c1ccc(=O)n(CCOc2ccccc2)n1. The number of aromatic nitrogens is 2. The van der Waals surface area contributed by atoms with Crippen LogP contribution in [-0.2, 0) is 6.54 Å². The molecule has 8 nitrogen and oxygen atoms in total. The van der Waals surface area contributed by atoms with Gasteiger partial charge in [-0.15, -0.1) is 0 Å². The predicted molar refractivity (Wildman–Crippen MR) is 111 cm³/mol. The van der Waals surface area contributed by atoms with Crippen molar-refractivity contribution in [1.82, 2.24) is 9.78 Å². The van der Waals surface area contributed by atoms with Crippen LogP contribution in [0.3, 0.4) is 0 Å². The predicted octanol–water partition coefficient (Wildman–Crippen LogP) is 2.68. The molecule has 4 aromatic rings. The van der Waals surface area contributed by atoms with Crippen molar-refractivity contribution in [2.45, 2.75) is 6.54 Å². The van der Waals surface area contributed by atoms with Crippen LogP contribution in [0.15, 0.2) is 86.8 Å². The van der Waals surface area contributed by atoms with Gasteiger partial charge in [-0.3, -0.25) is 9.59 Å². The lowest BCUT2D eigenvalue weighted by Gasteiger charge is -2.09. The van der Waals surface area contributed by atoms with Gasteiger partial charge in [0.15, 0.2) is 0 Å². The Morgan fingerprint density at radius 2 is 1.83 bits per heavy atom. The van der Waals surface area contributed by atoms with Crippen LogP contribution in [0, 0.1) is 0 Å². The van der Waals surface area contributed by atoms with Crippen LogP contribution < -0.4 is 21.2 Å². The zero-order chi connectivity index (χ0) is 20.9. The number of hydrogen-bond donors (Lipinski definition) is 1. The molecule has 150 valence electrons. The van der Waals surface area contributed by atoms with Gasteiger partial charge < -0.3 is 14.5 Å². The topological polar surface area (TPSA) is 103 Å².